The number of rotatable bonds is 0. The Morgan fingerprint density at radius 1 is 0.690 bits per heavy atom. The molecule has 0 N–H and O–H groups in total. The molecule has 1 aliphatic heterocycles. The first-order valence-corrected chi connectivity index (χ1v) is 9.48. The SMILES string of the molecule is CN1c2ccccc2C(=C2c3ccc[c-]c3-c3ncccc32)c2ccccc21.[Pt]. The monoisotopic (exact) mass is 552 g/mol. The van der Waals surface area contributed by atoms with Gasteiger partial charge in [0.1, 0.15) is 0 Å². The minimum atomic E-state index is 0. The van der Waals surface area contributed by atoms with E-state index in [1.54, 1.807) is 0 Å². The first kappa shape index (κ1) is 18.1. The van der Waals surface area contributed by atoms with Crippen LogP contribution in [-0.2, 0) is 21.1 Å². The average Bonchev–Trinajstić information content (AvgIpc) is 3.09. The van der Waals surface area contributed by atoms with E-state index in [0.717, 1.165) is 11.3 Å². The van der Waals surface area contributed by atoms with Gasteiger partial charge in [0.15, 0.2) is 0 Å². The Morgan fingerprint density at radius 2 is 1.28 bits per heavy atom. The average molecular weight is 553 g/mol. The summed E-state index contributed by atoms with van der Waals surface area (Å²) in [7, 11) is 2.14. The molecule has 3 heteroatoms. The molecule has 1 aromatic heterocycles. The van der Waals surface area contributed by atoms with Gasteiger partial charge in [0, 0.05) is 56.8 Å². The minimum Gasteiger partial charge on any atom is -0.344 e. The van der Waals surface area contributed by atoms with Crippen molar-refractivity contribution in [1.82, 2.24) is 4.98 Å². The third-order valence-corrected chi connectivity index (χ3v) is 5.76. The minimum absolute atomic E-state index is 0. The number of hydrogen-bond donors (Lipinski definition) is 0. The van der Waals surface area contributed by atoms with Gasteiger partial charge in [0.05, 0.1) is 0 Å². The summed E-state index contributed by atoms with van der Waals surface area (Å²) < 4.78 is 0. The molecule has 0 saturated carbocycles. The van der Waals surface area contributed by atoms with Gasteiger partial charge in [0.2, 0.25) is 0 Å². The number of para-hydroxylation sites is 2. The molecule has 0 atom stereocenters. The molecule has 0 amide bonds. The fourth-order valence-electron chi connectivity index (χ4n) is 4.56. The molecule has 0 fully saturated rings. The molecule has 142 valence electrons. The van der Waals surface area contributed by atoms with E-state index in [1.165, 1.54) is 44.8 Å². The summed E-state index contributed by atoms with van der Waals surface area (Å²) in [5.41, 5.74) is 12.0. The molecule has 2 heterocycles. The summed E-state index contributed by atoms with van der Waals surface area (Å²) in [4.78, 5) is 6.98. The van der Waals surface area contributed by atoms with Crippen molar-refractivity contribution in [2.45, 2.75) is 0 Å². The number of hydrogen-bond acceptors (Lipinski definition) is 2. The van der Waals surface area contributed by atoms with Crippen LogP contribution in [0.3, 0.4) is 0 Å². The van der Waals surface area contributed by atoms with E-state index in [0.29, 0.717) is 0 Å². The largest absolute Gasteiger partial charge is 0.344 e. The normalized spacial score (nSPS) is 13.2. The Morgan fingerprint density at radius 3 is 2.00 bits per heavy atom. The molecular formula is C26H17N2Pt-. The summed E-state index contributed by atoms with van der Waals surface area (Å²) >= 11 is 0. The van der Waals surface area contributed by atoms with E-state index in [4.69, 9.17) is 4.98 Å². The first-order valence-electron chi connectivity index (χ1n) is 9.48. The molecular weight excluding hydrogens is 535 g/mol. The van der Waals surface area contributed by atoms with Crippen molar-refractivity contribution in [2.75, 3.05) is 11.9 Å². The van der Waals surface area contributed by atoms with Gasteiger partial charge >= 0.3 is 0 Å². The molecule has 0 spiro atoms. The topological polar surface area (TPSA) is 16.1 Å². The van der Waals surface area contributed by atoms with Gasteiger partial charge < -0.3 is 9.88 Å². The van der Waals surface area contributed by atoms with Crippen LogP contribution < -0.4 is 4.90 Å². The molecule has 4 aromatic rings. The summed E-state index contributed by atoms with van der Waals surface area (Å²) in [6.45, 7) is 0. The third-order valence-electron chi connectivity index (χ3n) is 5.76. The molecule has 1 aliphatic carbocycles. The molecule has 0 unspecified atom stereocenters. The second-order valence-electron chi connectivity index (χ2n) is 7.20. The summed E-state index contributed by atoms with van der Waals surface area (Å²) in [5.74, 6) is 0. The quantitative estimate of drug-likeness (QED) is 0.221. The summed E-state index contributed by atoms with van der Waals surface area (Å²) in [5, 5.41) is 0. The smallest absolute Gasteiger partial charge is 0.0488 e. The molecule has 3 aromatic carbocycles. The van der Waals surface area contributed by atoms with Crippen LogP contribution in [0.4, 0.5) is 11.4 Å². The predicted molar refractivity (Wildman–Crippen MR) is 114 cm³/mol. The van der Waals surface area contributed by atoms with E-state index in [-0.39, 0.29) is 21.1 Å². The fourth-order valence-corrected chi connectivity index (χ4v) is 4.56. The van der Waals surface area contributed by atoms with Crippen LogP contribution in [0.1, 0.15) is 22.3 Å². The summed E-state index contributed by atoms with van der Waals surface area (Å²) in [6.07, 6.45) is 1.87. The van der Waals surface area contributed by atoms with Gasteiger partial charge in [-0.05, 0) is 35.0 Å². The Labute approximate surface area is 184 Å². The standard InChI is InChI=1S/C26H17N2.Pt/c1-28-22-14-6-4-11-19(22)25(20-12-5-7-15-23(20)28)24-17-9-2-3-10-18(17)26-21(24)13-8-16-27-26;/h2-9,11-16H,1H3;/q-1;. The van der Waals surface area contributed by atoms with Crippen molar-refractivity contribution >= 4 is 22.5 Å². The molecule has 0 saturated heterocycles. The van der Waals surface area contributed by atoms with Crippen LogP contribution in [0.5, 0.6) is 0 Å². The van der Waals surface area contributed by atoms with E-state index >= 15 is 0 Å². The fraction of sp³-hybridized carbons (Fsp3) is 0.0385. The number of anilines is 2. The van der Waals surface area contributed by atoms with Gasteiger partial charge in [-0.15, -0.1) is 29.8 Å². The Balaban J connectivity index is 0.00000181. The molecule has 0 bridgehead atoms. The predicted octanol–water partition coefficient (Wildman–Crippen LogP) is 5.95. The second-order valence-corrected chi connectivity index (χ2v) is 7.20. The number of aromatic nitrogens is 1. The maximum atomic E-state index is 4.70. The van der Waals surface area contributed by atoms with Gasteiger partial charge in [-0.1, -0.05) is 53.6 Å². The number of benzene rings is 3. The van der Waals surface area contributed by atoms with Gasteiger partial charge in [-0.25, -0.2) is 0 Å². The van der Waals surface area contributed by atoms with Crippen molar-refractivity contribution in [3.05, 3.63) is 113 Å². The van der Waals surface area contributed by atoms with Gasteiger partial charge in [0.25, 0.3) is 0 Å². The Bertz CT molecular complexity index is 1190. The van der Waals surface area contributed by atoms with Crippen LogP contribution in [0.2, 0.25) is 0 Å². The maximum absolute atomic E-state index is 4.70. The van der Waals surface area contributed by atoms with E-state index in [9.17, 15) is 0 Å². The van der Waals surface area contributed by atoms with Crippen molar-refractivity contribution in [3.63, 3.8) is 0 Å². The van der Waals surface area contributed by atoms with Gasteiger partial charge in [-0.3, -0.25) is 0 Å². The molecule has 29 heavy (non-hydrogen) atoms. The van der Waals surface area contributed by atoms with Crippen LogP contribution in [0, 0.1) is 6.07 Å². The Kier molecular flexibility index (Phi) is 4.26. The van der Waals surface area contributed by atoms with E-state index in [1.807, 2.05) is 18.3 Å². The van der Waals surface area contributed by atoms with Crippen molar-refractivity contribution in [3.8, 4) is 11.3 Å². The second kappa shape index (κ2) is 6.83. The maximum Gasteiger partial charge on any atom is 0.0488 e. The third kappa shape index (κ3) is 2.49. The van der Waals surface area contributed by atoms with Crippen LogP contribution in [0.25, 0.3) is 22.4 Å². The van der Waals surface area contributed by atoms with E-state index in [2.05, 4.69) is 84.7 Å². The zero-order chi connectivity index (χ0) is 18.7. The zero-order valence-electron chi connectivity index (χ0n) is 15.8. The van der Waals surface area contributed by atoms with Crippen molar-refractivity contribution in [1.29, 1.82) is 0 Å². The molecule has 2 nitrogen and oxygen atoms in total. The van der Waals surface area contributed by atoms with Crippen LogP contribution >= 0.6 is 0 Å². The van der Waals surface area contributed by atoms with Crippen LogP contribution in [-0.4, -0.2) is 12.0 Å². The Hall–Kier alpha value is -2.96. The van der Waals surface area contributed by atoms with Crippen LogP contribution in [0.15, 0.2) is 85.1 Å². The number of pyridine rings is 1. The molecule has 6 rings (SSSR count). The number of fused-ring (bicyclic) bond motifs is 5. The first-order chi connectivity index (χ1) is 13.8. The summed E-state index contributed by atoms with van der Waals surface area (Å²) in [6, 6.07) is 31.2. The van der Waals surface area contributed by atoms with E-state index < -0.39 is 0 Å². The zero-order valence-corrected chi connectivity index (χ0v) is 18.1. The molecule has 0 radical (unpaired) electrons. The molecule has 2 aliphatic rings. The van der Waals surface area contributed by atoms with Crippen molar-refractivity contribution < 1.29 is 21.1 Å². The van der Waals surface area contributed by atoms with Crippen molar-refractivity contribution in [2.24, 2.45) is 0 Å². The van der Waals surface area contributed by atoms with Gasteiger partial charge in [-0.2, -0.15) is 0 Å². The number of nitrogens with zero attached hydrogens (tertiary/aromatic N) is 2.